The van der Waals surface area contributed by atoms with Crippen LogP contribution in [-0.4, -0.2) is 19.9 Å². The minimum absolute atomic E-state index is 0.00441. The molecule has 5 nitrogen and oxygen atoms in total. The summed E-state index contributed by atoms with van der Waals surface area (Å²) in [7, 11) is 0. The van der Waals surface area contributed by atoms with E-state index in [0.29, 0.717) is 16.3 Å². The van der Waals surface area contributed by atoms with E-state index in [4.69, 9.17) is 11.6 Å². The van der Waals surface area contributed by atoms with E-state index in [1.165, 1.54) is 12.4 Å². The van der Waals surface area contributed by atoms with Crippen LogP contribution in [0, 0.1) is 0 Å². The molecule has 0 aliphatic rings. The molecule has 3 heterocycles. The van der Waals surface area contributed by atoms with Crippen LogP contribution >= 0.6 is 11.6 Å². The van der Waals surface area contributed by atoms with Crippen LogP contribution in [0.4, 0.5) is 19.0 Å². The monoisotopic (exact) mass is 441 g/mol. The van der Waals surface area contributed by atoms with E-state index >= 15 is 0 Å². The highest BCUT2D eigenvalue weighted by Crippen LogP contribution is 2.33. The van der Waals surface area contributed by atoms with Crippen molar-refractivity contribution < 1.29 is 13.2 Å². The summed E-state index contributed by atoms with van der Waals surface area (Å²) in [4.78, 5) is 16.3. The Kier molecular flexibility index (Phi) is 5.81. The molecule has 0 bridgehead atoms. The molecular formula is C22H15ClF3N5. The summed E-state index contributed by atoms with van der Waals surface area (Å²) >= 11 is 6.14. The summed E-state index contributed by atoms with van der Waals surface area (Å²) < 4.78 is 40.6. The molecule has 0 saturated carbocycles. The normalized spacial score (nSPS) is 12.4. The number of hydrogen-bond acceptors (Lipinski definition) is 5. The van der Waals surface area contributed by atoms with Crippen LogP contribution in [0.5, 0.6) is 0 Å². The number of aromatic nitrogens is 4. The third kappa shape index (κ3) is 4.97. The summed E-state index contributed by atoms with van der Waals surface area (Å²) in [5.41, 5.74) is 0.690. The van der Waals surface area contributed by atoms with Gasteiger partial charge in [0, 0.05) is 35.2 Å². The Bertz CT molecular complexity index is 1170. The maximum Gasteiger partial charge on any atom is 0.433 e. The molecule has 0 amide bonds. The van der Waals surface area contributed by atoms with Crippen molar-refractivity contribution in [2.45, 2.75) is 12.2 Å². The maximum absolute atomic E-state index is 13.5. The van der Waals surface area contributed by atoms with Crippen molar-refractivity contribution in [3.8, 4) is 11.4 Å². The standard InChI is InChI=1S/C22H15ClF3N5/c23-16-5-3-4-15(12-16)20(17-6-1-2-9-28-17)30-19-13-18(22(24,25)26)29-21(31-19)14-7-10-27-11-8-14/h1-13,20H,(H,29,30,31). The summed E-state index contributed by atoms with van der Waals surface area (Å²) in [6.07, 6.45) is -0.0980. The second-order valence-electron chi connectivity index (χ2n) is 6.58. The lowest BCUT2D eigenvalue weighted by molar-refractivity contribution is -0.141. The molecule has 9 heteroatoms. The lowest BCUT2D eigenvalue weighted by Crippen LogP contribution is -2.17. The van der Waals surface area contributed by atoms with Gasteiger partial charge in [-0.25, -0.2) is 9.97 Å². The first-order valence-corrected chi connectivity index (χ1v) is 9.57. The largest absolute Gasteiger partial charge is 0.433 e. The van der Waals surface area contributed by atoms with Gasteiger partial charge in [-0.1, -0.05) is 29.8 Å². The summed E-state index contributed by atoms with van der Waals surface area (Å²) in [6.45, 7) is 0. The Labute approximate surface area is 181 Å². The number of rotatable bonds is 5. The molecule has 0 fully saturated rings. The maximum atomic E-state index is 13.5. The van der Waals surface area contributed by atoms with Crippen molar-refractivity contribution in [2.24, 2.45) is 0 Å². The van der Waals surface area contributed by atoms with Gasteiger partial charge >= 0.3 is 6.18 Å². The molecule has 1 N–H and O–H groups in total. The van der Waals surface area contributed by atoms with Gasteiger partial charge in [-0.2, -0.15) is 13.2 Å². The minimum atomic E-state index is -4.64. The zero-order valence-corrected chi connectivity index (χ0v) is 16.6. The SMILES string of the molecule is FC(F)(F)c1cc(NC(c2cccc(Cl)c2)c2ccccn2)nc(-c2ccncc2)n1. The van der Waals surface area contributed by atoms with Crippen molar-refractivity contribution in [1.82, 2.24) is 19.9 Å². The molecule has 1 aromatic carbocycles. The quantitative estimate of drug-likeness (QED) is 0.423. The number of alkyl halides is 3. The van der Waals surface area contributed by atoms with Crippen LogP contribution in [0.25, 0.3) is 11.4 Å². The van der Waals surface area contributed by atoms with E-state index in [-0.39, 0.29) is 11.6 Å². The average molecular weight is 442 g/mol. The zero-order chi connectivity index (χ0) is 21.8. The lowest BCUT2D eigenvalue weighted by atomic mass is 10.0. The molecule has 0 saturated heterocycles. The van der Waals surface area contributed by atoms with Crippen LogP contribution in [0.1, 0.15) is 23.0 Å². The predicted molar refractivity (Wildman–Crippen MR) is 111 cm³/mol. The molecule has 0 spiro atoms. The van der Waals surface area contributed by atoms with Gasteiger partial charge in [-0.05, 0) is 42.0 Å². The fourth-order valence-corrected chi connectivity index (χ4v) is 3.20. The van der Waals surface area contributed by atoms with E-state index in [1.807, 2.05) is 6.07 Å². The Balaban J connectivity index is 1.81. The van der Waals surface area contributed by atoms with Crippen LogP contribution in [0.3, 0.4) is 0 Å². The average Bonchev–Trinajstić information content (AvgIpc) is 2.78. The second-order valence-corrected chi connectivity index (χ2v) is 7.02. The number of pyridine rings is 2. The number of nitrogens with one attached hydrogen (secondary N) is 1. The minimum Gasteiger partial charge on any atom is -0.357 e. The molecular weight excluding hydrogens is 427 g/mol. The molecule has 4 aromatic rings. The Morgan fingerprint density at radius 2 is 1.68 bits per heavy atom. The number of hydrogen-bond donors (Lipinski definition) is 1. The van der Waals surface area contributed by atoms with Crippen LogP contribution in [0.2, 0.25) is 5.02 Å². The van der Waals surface area contributed by atoms with Gasteiger partial charge in [0.25, 0.3) is 0 Å². The van der Waals surface area contributed by atoms with Crippen LogP contribution in [-0.2, 0) is 6.18 Å². The van der Waals surface area contributed by atoms with Gasteiger partial charge in [-0.3, -0.25) is 9.97 Å². The highest BCUT2D eigenvalue weighted by molar-refractivity contribution is 6.30. The number of benzene rings is 1. The van der Waals surface area contributed by atoms with Gasteiger partial charge < -0.3 is 5.32 Å². The van der Waals surface area contributed by atoms with Gasteiger partial charge in [0.05, 0.1) is 11.7 Å². The van der Waals surface area contributed by atoms with Crippen LogP contribution in [0.15, 0.2) is 79.3 Å². The molecule has 0 aliphatic heterocycles. The topological polar surface area (TPSA) is 63.6 Å². The molecule has 1 atom stereocenters. The molecule has 0 aliphatic carbocycles. The van der Waals surface area contributed by atoms with Crippen molar-refractivity contribution in [3.63, 3.8) is 0 Å². The first-order valence-electron chi connectivity index (χ1n) is 9.20. The van der Waals surface area contributed by atoms with Gasteiger partial charge in [0.2, 0.25) is 0 Å². The Hall–Kier alpha value is -3.52. The predicted octanol–water partition coefficient (Wildman–Crippen LogP) is 5.81. The first kappa shape index (κ1) is 20.7. The molecule has 0 radical (unpaired) electrons. The summed E-state index contributed by atoms with van der Waals surface area (Å²) in [6, 6.07) is 15.7. The van der Waals surface area contributed by atoms with E-state index in [0.717, 1.165) is 11.6 Å². The van der Waals surface area contributed by atoms with Crippen molar-refractivity contribution in [2.75, 3.05) is 5.32 Å². The molecule has 156 valence electrons. The fraction of sp³-hybridized carbons (Fsp3) is 0.0909. The first-order chi connectivity index (χ1) is 14.9. The number of nitrogens with zero attached hydrogens (tertiary/aromatic N) is 4. The third-order valence-corrected chi connectivity index (χ3v) is 4.65. The van der Waals surface area contributed by atoms with Crippen molar-refractivity contribution >= 4 is 17.4 Å². The van der Waals surface area contributed by atoms with E-state index < -0.39 is 17.9 Å². The molecule has 4 rings (SSSR count). The molecule has 1 unspecified atom stereocenters. The summed E-state index contributed by atoms with van der Waals surface area (Å²) in [5, 5.41) is 3.57. The number of halogens is 4. The smallest absolute Gasteiger partial charge is 0.357 e. The zero-order valence-electron chi connectivity index (χ0n) is 15.9. The van der Waals surface area contributed by atoms with Gasteiger partial charge in [0.1, 0.15) is 5.82 Å². The van der Waals surface area contributed by atoms with Gasteiger partial charge in [-0.15, -0.1) is 0 Å². The molecule has 31 heavy (non-hydrogen) atoms. The second kappa shape index (κ2) is 8.69. The summed E-state index contributed by atoms with van der Waals surface area (Å²) in [5.74, 6) is -0.0599. The van der Waals surface area contributed by atoms with Crippen molar-refractivity contribution in [3.05, 3.63) is 101 Å². The fourth-order valence-electron chi connectivity index (χ4n) is 3.01. The van der Waals surface area contributed by atoms with Gasteiger partial charge in [0.15, 0.2) is 11.5 Å². The molecule has 3 aromatic heterocycles. The number of anilines is 1. The lowest BCUT2D eigenvalue weighted by Gasteiger charge is -2.21. The van der Waals surface area contributed by atoms with E-state index in [2.05, 4.69) is 25.3 Å². The Morgan fingerprint density at radius 1 is 0.871 bits per heavy atom. The van der Waals surface area contributed by atoms with E-state index in [9.17, 15) is 13.2 Å². The Morgan fingerprint density at radius 3 is 2.35 bits per heavy atom. The highest BCUT2D eigenvalue weighted by atomic mass is 35.5. The van der Waals surface area contributed by atoms with E-state index in [1.54, 1.807) is 54.7 Å². The van der Waals surface area contributed by atoms with Crippen molar-refractivity contribution in [1.29, 1.82) is 0 Å². The highest BCUT2D eigenvalue weighted by Gasteiger charge is 2.34. The van der Waals surface area contributed by atoms with Crippen LogP contribution < -0.4 is 5.32 Å². The third-order valence-electron chi connectivity index (χ3n) is 4.41.